The lowest BCUT2D eigenvalue weighted by atomic mass is 10.0. The molecule has 2 aliphatic heterocycles. The van der Waals surface area contributed by atoms with E-state index in [0.29, 0.717) is 48.5 Å². The van der Waals surface area contributed by atoms with Crippen LogP contribution < -0.4 is 0 Å². The number of benzene rings is 1. The van der Waals surface area contributed by atoms with Gasteiger partial charge in [0.1, 0.15) is 0 Å². The predicted octanol–water partition coefficient (Wildman–Crippen LogP) is 2.37. The number of hydrogen-bond donors (Lipinski definition) is 0. The molecule has 0 radical (unpaired) electrons. The van der Waals surface area contributed by atoms with E-state index in [-0.39, 0.29) is 0 Å². The zero-order valence-electron chi connectivity index (χ0n) is 11.6. The van der Waals surface area contributed by atoms with Crippen LogP contribution >= 0.6 is 15.9 Å². The minimum atomic E-state index is -3.47. The zero-order valence-corrected chi connectivity index (χ0v) is 14.0. The van der Waals surface area contributed by atoms with E-state index in [9.17, 15) is 8.42 Å². The molecule has 1 aromatic rings. The molecule has 0 aliphatic carbocycles. The van der Waals surface area contributed by atoms with E-state index in [1.54, 1.807) is 24.3 Å². The number of hydrogen-bond acceptors (Lipinski definition) is 4. The first-order valence-electron chi connectivity index (χ1n) is 7.06. The molecule has 0 N–H and O–H groups in total. The van der Waals surface area contributed by atoms with E-state index in [2.05, 4.69) is 15.9 Å². The Morgan fingerprint density at radius 3 is 2.33 bits per heavy atom. The number of sulfonamides is 1. The van der Waals surface area contributed by atoms with Gasteiger partial charge in [-0.1, -0.05) is 12.1 Å². The lowest BCUT2D eigenvalue weighted by molar-refractivity contribution is -0.280. The second kappa shape index (κ2) is 5.96. The van der Waals surface area contributed by atoms with Crippen LogP contribution in [0.3, 0.4) is 0 Å². The fourth-order valence-electron chi connectivity index (χ4n) is 2.77. The molecule has 0 aromatic heterocycles. The molecular weight excluding hydrogens is 358 g/mol. The molecule has 1 aromatic carbocycles. The molecule has 3 rings (SSSR count). The Labute approximate surface area is 133 Å². The third kappa shape index (κ3) is 3.03. The molecule has 2 heterocycles. The Morgan fingerprint density at radius 2 is 1.71 bits per heavy atom. The van der Waals surface area contributed by atoms with Crippen LogP contribution in [0.15, 0.2) is 33.6 Å². The number of rotatable bonds is 2. The number of ether oxygens (including phenoxy) is 2. The monoisotopic (exact) mass is 375 g/mol. The molecule has 2 aliphatic rings. The van der Waals surface area contributed by atoms with Crippen LogP contribution in [0.5, 0.6) is 0 Å². The van der Waals surface area contributed by atoms with Crippen molar-refractivity contribution in [3.8, 4) is 0 Å². The summed E-state index contributed by atoms with van der Waals surface area (Å²) in [5.41, 5.74) is 0. The minimum absolute atomic E-state index is 0.312. The van der Waals surface area contributed by atoms with Crippen molar-refractivity contribution in [1.82, 2.24) is 4.31 Å². The predicted molar refractivity (Wildman–Crippen MR) is 81.4 cm³/mol. The third-order valence-corrected chi connectivity index (χ3v) is 6.87. The zero-order chi connectivity index (χ0) is 14.9. The summed E-state index contributed by atoms with van der Waals surface area (Å²) in [6.07, 6.45) is 2.06. The number of piperidine rings is 1. The van der Waals surface area contributed by atoms with Gasteiger partial charge in [-0.25, -0.2) is 8.42 Å². The van der Waals surface area contributed by atoms with Crippen molar-refractivity contribution < 1.29 is 17.9 Å². The van der Waals surface area contributed by atoms with Crippen molar-refractivity contribution in [3.63, 3.8) is 0 Å². The summed E-state index contributed by atoms with van der Waals surface area (Å²) in [4.78, 5) is 0.312. The van der Waals surface area contributed by atoms with Gasteiger partial charge in [-0.2, -0.15) is 4.31 Å². The Hall–Kier alpha value is -0.470. The molecule has 0 unspecified atom stereocenters. The molecule has 2 saturated heterocycles. The van der Waals surface area contributed by atoms with Gasteiger partial charge >= 0.3 is 0 Å². The Kier molecular flexibility index (Phi) is 4.38. The SMILES string of the molecule is O=S(=O)(c1ccccc1Br)N1CCC2(CC1)OCCCO2. The van der Waals surface area contributed by atoms with E-state index in [0.717, 1.165) is 6.42 Å². The van der Waals surface area contributed by atoms with Gasteiger partial charge < -0.3 is 9.47 Å². The van der Waals surface area contributed by atoms with Crippen LogP contribution in [-0.4, -0.2) is 44.8 Å². The highest BCUT2D eigenvalue weighted by molar-refractivity contribution is 9.10. The summed E-state index contributed by atoms with van der Waals surface area (Å²) in [6, 6.07) is 6.90. The Balaban J connectivity index is 1.76. The molecule has 0 atom stereocenters. The molecule has 0 amide bonds. The van der Waals surface area contributed by atoms with Crippen LogP contribution in [0.25, 0.3) is 0 Å². The maximum absolute atomic E-state index is 12.7. The first kappa shape index (κ1) is 15.4. The molecule has 116 valence electrons. The first-order chi connectivity index (χ1) is 10.0. The van der Waals surface area contributed by atoms with Crippen molar-refractivity contribution in [2.24, 2.45) is 0 Å². The van der Waals surface area contributed by atoms with Gasteiger partial charge in [0, 0.05) is 30.4 Å². The van der Waals surface area contributed by atoms with Crippen molar-refractivity contribution >= 4 is 26.0 Å². The number of nitrogens with zero attached hydrogens (tertiary/aromatic N) is 1. The average Bonchev–Trinajstić information content (AvgIpc) is 2.49. The van der Waals surface area contributed by atoms with Crippen LogP contribution in [-0.2, 0) is 19.5 Å². The summed E-state index contributed by atoms with van der Waals surface area (Å²) in [5, 5.41) is 0. The fraction of sp³-hybridized carbons (Fsp3) is 0.571. The van der Waals surface area contributed by atoms with Crippen LogP contribution in [0, 0.1) is 0 Å². The summed E-state index contributed by atoms with van der Waals surface area (Å²) >= 11 is 3.31. The number of halogens is 1. The lowest BCUT2D eigenvalue weighted by Crippen LogP contribution is -2.51. The van der Waals surface area contributed by atoms with Crippen LogP contribution in [0.4, 0.5) is 0 Å². The second-order valence-corrected chi connectivity index (χ2v) is 8.06. The van der Waals surface area contributed by atoms with Gasteiger partial charge in [0.05, 0.1) is 18.1 Å². The van der Waals surface area contributed by atoms with Crippen molar-refractivity contribution in [2.75, 3.05) is 26.3 Å². The van der Waals surface area contributed by atoms with E-state index in [4.69, 9.17) is 9.47 Å². The maximum atomic E-state index is 12.7. The molecule has 21 heavy (non-hydrogen) atoms. The topological polar surface area (TPSA) is 55.8 Å². The maximum Gasteiger partial charge on any atom is 0.244 e. The summed E-state index contributed by atoms with van der Waals surface area (Å²) in [6.45, 7) is 2.22. The molecule has 2 fully saturated rings. The van der Waals surface area contributed by atoms with Gasteiger partial charge in [-0.3, -0.25) is 0 Å². The normalized spacial score (nSPS) is 23.3. The van der Waals surface area contributed by atoms with Crippen LogP contribution in [0.2, 0.25) is 0 Å². The van der Waals surface area contributed by atoms with Crippen LogP contribution in [0.1, 0.15) is 19.3 Å². The minimum Gasteiger partial charge on any atom is -0.350 e. The second-order valence-electron chi connectivity index (χ2n) is 5.30. The van der Waals surface area contributed by atoms with Gasteiger partial charge in [-0.15, -0.1) is 0 Å². The lowest BCUT2D eigenvalue weighted by Gasteiger charge is -2.42. The van der Waals surface area contributed by atoms with Gasteiger partial charge in [-0.05, 0) is 34.5 Å². The van der Waals surface area contributed by atoms with Crippen molar-refractivity contribution in [3.05, 3.63) is 28.7 Å². The highest BCUT2D eigenvalue weighted by Crippen LogP contribution is 2.34. The summed E-state index contributed by atoms with van der Waals surface area (Å²) in [5.74, 6) is -0.571. The highest BCUT2D eigenvalue weighted by atomic mass is 79.9. The average molecular weight is 376 g/mol. The molecule has 5 nitrogen and oxygen atoms in total. The smallest absolute Gasteiger partial charge is 0.244 e. The van der Waals surface area contributed by atoms with Crippen molar-refractivity contribution in [2.45, 2.75) is 29.9 Å². The van der Waals surface area contributed by atoms with Gasteiger partial charge in [0.2, 0.25) is 10.0 Å². The Bertz CT molecular complexity index is 603. The quantitative estimate of drug-likeness (QED) is 0.795. The van der Waals surface area contributed by atoms with E-state index >= 15 is 0 Å². The van der Waals surface area contributed by atoms with Gasteiger partial charge in [0.25, 0.3) is 0 Å². The van der Waals surface area contributed by atoms with E-state index in [1.807, 2.05) is 0 Å². The Morgan fingerprint density at radius 1 is 1.10 bits per heavy atom. The highest BCUT2D eigenvalue weighted by Gasteiger charge is 2.41. The first-order valence-corrected chi connectivity index (χ1v) is 9.29. The summed E-state index contributed by atoms with van der Waals surface area (Å²) < 4.78 is 39.0. The third-order valence-electron chi connectivity index (χ3n) is 3.96. The van der Waals surface area contributed by atoms with E-state index in [1.165, 1.54) is 4.31 Å². The molecule has 0 saturated carbocycles. The van der Waals surface area contributed by atoms with Gasteiger partial charge in [0.15, 0.2) is 5.79 Å². The molecule has 7 heteroatoms. The molecule has 0 bridgehead atoms. The molecule has 1 spiro atoms. The fourth-order valence-corrected chi connectivity index (χ4v) is 5.17. The van der Waals surface area contributed by atoms with Crippen molar-refractivity contribution in [1.29, 1.82) is 0 Å². The summed E-state index contributed by atoms with van der Waals surface area (Å²) in [7, 11) is -3.47. The largest absolute Gasteiger partial charge is 0.350 e. The van der Waals surface area contributed by atoms with E-state index < -0.39 is 15.8 Å². The standard InChI is InChI=1S/C14H18BrNO4S/c15-12-4-1-2-5-13(12)21(17,18)16-8-6-14(7-9-16)19-10-3-11-20-14/h1-2,4-5H,3,6-11H2. The molecular formula is C14H18BrNO4S.